The molecule has 1 nitrogen and oxygen atoms in total. The van der Waals surface area contributed by atoms with Crippen LogP contribution in [0.2, 0.25) is 0 Å². The number of epoxide rings is 1. The monoisotopic (exact) mass is 294 g/mol. The molecule has 1 aromatic rings. The van der Waals surface area contributed by atoms with Crippen molar-refractivity contribution in [3.8, 4) is 0 Å². The minimum Gasteiger partial charge on any atom is -0.360 e. The van der Waals surface area contributed by atoms with Crippen LogP contribution in [0.3, 0.4) is 0 Å². The van der Waals surface area contributed by atoms with E-state index in [0.29, 0.717) is 12.2 Å². The van der Waals surface area contributed by atoms with Crippen molar-refractivity contribution in [3.05, 3.63) is 45.0 Å². The van der Waals surface area contributed by atoms with Crippen LogP contribution < -0.4 is 0 Å². The van der Waals surface area contributed by atoms with E-state index in [0.717, 1.165) is 0 Å². The average molecular weight is 294 g/mol. The summed E-state index contributed by atoms with van der Waals surface area (Å²) in [6.45, 7) is 0. The van der Waals surface area contributed by atoms with Gasteiger partial charge in [-0.3, -0.25) is 0 Å². The van der Waals surface area contributed by atoms with Gasteiger partial charge in [0.05, 0.1) is 0 Å². The lowest BCUT2D eigenvalue weighted by molar-refractivity contribution is 0.418. The second-order valence-corrected chi connectivity index (χ2v) is 5.03. The van der Waals surface area contributed by atoms with Crippen LogP contribution in [0.4, 0.5) is 0 Å². The fourth-order valence-corrected chi connectivity index (χ4v) is 3.35. The maximum absolute atomic E-state index is 5.60. The minimum atomic E-state index is 0.369. The molecule has 1 aromatic carbocycles. The first-order valence-electron chi connectivity index (χ1n) is 4.73. The summed E-state index contributed by atoms with van der Waals surface area (Å²) in [6.07, 6.45) is 2.98. The highest BCUT2D eigenvalue weighted by Gasteiger charge is 2.49. The molecule has 2 atom stereocenters. The molecule has 3 aliphatic rings. The maximum Gasteiger partial charge on any atom is 0.114 e. The molecule has 2 aliphatic carbocycles. The lowest BCUT2D eigenvalue weighted by Gasteiger charge is -2.28. The number of benzene rings is 1. The molecule has 2 heteroatoms. The van der Waals surface area contributed by atoms with Crippen LogP contribution in [0, 0.1) is 0 Å². The van der Waals surface area contributed by atoms with Crippen molar-refractivity contribution in [1.82, 2.24) is 0 Å². The van der Waals surface area contributed by atoms with Gasteiger partial charge in [0, 0.05) is 14.7 Å². The Balaban J connectivity index is 1.98. The van der Waals surface area contributed by atoms with Crippen molar-refractivity contribution < 1.29 is 4.74 Å². The number of ether oxygens (including phenoxy) is 1. The summed E-state index contributed by atoms with van der Waals surface area (Å²) in [5, 5.41) is 0. The average Bonchev–Trinajstić information content (AvgIpc) is 2.87. The Morgan fingerprint density at radius 3 is 2.79 bits per heavy atom. The zero-order valence-corrected chi connectivity index (χ0v) is 9.49. The van der Waals surface area contributed by atoms with E-state index in [1.807, 2.05) is 0 Å². The van der Waals surface area contributed by atoms with Gasteiger partial charge in [-0.15, -0.1) is 0 Å². The normalized spacial score (nSPS) is 31.1. The maximum atomic E-state index is 5.60. The topological polar surface area (TPSA) is 12.5 Å². The summed E-state index contributed by atoms with van der Waals surface area (Å²) < 4.78 is 6.96. The van der Waals surface area contributed by atoms with E-state index in [-0.39, 0.29) is 0 Å². The van der Waals surface area contributed by atoms with Gasteiger partial charge in [0.15, 0.2) is 0 Å². The number of fused-ring (bicyclic) bond motifs is 5. The van der Waals surface area contributed by atoms with Gasteiger partial charge in [-0.25, -0.2) is 0 Å². The highest BCUT2D eigenvalue weighted by atomic mass is 127. The van der Waals surface area contributed by atoms with E-state index in [4.69, 9.17) is 4.74 Å². The third-order valence-corrected chi connectivity index (χ3v) is 4.01. The van der Waals surface area contributed by atoms with Crippen molar-refractivity contribution in [2.45, 2.75) is 12.2 Å². The number of allylic oxidation sites excluding steroid dienone is 2. The highest BCUT2D eigenvalue weighted by Crippen LogP contribution is 2.56. The summed E-state index contributed by atoms with van der Waals surface area (Å²) in [5.41, 5.74) is 5.67. The van der Waals surface area contributed by atoms with E-state index in [9.17, 15) is 0 Å². The molecule has 1 aliphatic heterocycles. The SMILES string of the molecule is IC1=CC2OC2C2=C1c1ccccc12. The van der Waals surface area contributed by atoms with Crippen molar-refractivity contribution >= 4 is 33.7 Å². The minimum absolute atomic E-state index is 0.369. The molecule has 0 amide bonds. The molecule has 0 N–H and O–H groups in total. The van der Waals surface area contributed by atoms with Crippen LogP contribution in [-0.2, 0) is 4.74 Å². The van der Waals surface area contributed by atoms with Crippen molar-refractivity contribution in [1.29, 1.82) is 0 Å². The Bertz CT molecular complexity index is 513. The molecule has 0 aromatic heterocycles. The Labute approximate surface area is 95.6 Å². The Hall–Kier alpha value is -0.610. The number of hydrogen-bond acceptors (Lipinski definition) is 1. The van der Waals surface area contributed by atoms with Gasteiger partial charge in [0.2, 0.25) is 0 Å². The predicted octanol–water partition coefficient (Wildman–Crippen LogP) is 3.01. The lowest BCUT2D eigenvalue weighted by Crippen LogP contribution is -2.15. The molecule has 0 radical (unpaired) electrons. The molecule has 68 valence electrons. The van der Waals surface area contributed by atoms with E-state index in [1.54, 1.807) is 0 Å². The van der Waals surface area contributed by atoms with Gasteiger partial charge in [-0.05, 0) is 39.8 Å². The molecule has 4 rings (SSSR count). The molecule has 0 spiro atoms. The summed E-state index contributed by atoms with van der Waals surface area (Å²) in [6, 6.07) is 8.60. The fourth-order valence-electron chi connectivity index (χ4n) is 2.42. The Morgan fingerprint density at radius 1 is 1.14 bits per heavy atom. The van der Waals surface area contributed by atoms with Crippen LogP contribution in [0.5, 0.6) is 0 Å². The summed E-state index contributed by atoms with van der Waals surface area (Å²) in [7, 11) is 0. The van der Waals surface area contributed by atoms with Gasteiger partial charge >= 0.3 is 0 Å². The molecular formula is C12H7IO. The first-order chi connectivity index (χ1) is 6.86. The third-order valence-electron chi connectivity index (χ3n) is 3.12. The van der Waals surface area contributed by atoms with Crippen molar-refractivity contribution in [2.24, 2.45) is 0 Å². The Morgan fingerprint density at radius 2 is 1.93 bits per heavy atom. The molecule has 14 heavy (non-hydrogen) atoms. The lowest BCUT2D eigenvalue weighted by atomic mass is 9.76. The largest absolute Gasteiger partial charge is 0.360 e. The van der Waals surface area contributed by atoms with Crippen LogP contribution in [0.15, 0.2) is 33.9 Å². The molecule has 0 bridgehead atoms. The second kappa shape index (κ2) is 2.31. The van der Waals surface area contributed by atoms with Gasteiger partial charge in [-0.1, -0.05) is 24.3 Å². The van der Waals surface area contributed by atoms with Gasteiger partial charge < -0.3 is 4.74 Å². The zero-order valence-electron chi connectivity index (χ0n) is 7.33. The molecule has 0 saturated carbocycles. The fraction of sp³-hybridized carbons (Fsp3) is 0.167. The van der Waals surface area contributed by atoms with Gasteiger partial charge in [0.1, 0.15) is 12.2 Å². The molecule has 2 unspecified atom stereocenters. The number of rotatable bonds is 0. The number of hydrogen-bond donors (Lipinski definition) is 0. The first kappa shape index (κ1) is 7.65. The molecule has 1 fully saturated rings. The first-order valence-corrected chi connectivity index (χ1v) is 5.81. The second-order valence-electron chi connectivity index (χ2n) is 3.87. The van der Waals surface area contributed by atoms with Gasteiger partial charge in [0.25, 0.3) is 0 Å². The van der Waals surface area contributed by atoms with E-state index in [2.05, 4.69) is 52.9 Å². The number of halogens is 1. The smallest absolute Gasteiger partial charge is 0.114 e. The molecule has 1 heterocycles. The van der Waals surface area contributed by atoms with E-state index < -0.39 is 0 Å². The predicted molar refractivity (Wildman–Crippen MR) is 64.0 cm³/mol. The quantitative estimate of drug-likeness (QED) is 0.529. The van der Waals surface area contributed by atoms with Crippen molar-refractivity contribution in [2.75, 3.05) is 0 Å². The third kappa shape index (κ3) is 0.754. The zero-order chi connectivity index (χ0) is 9.28. The Kier molecular flexibility index (Phi) is 1.26. The van der Waals surface area contributed by atoms with E-state index in [1.165, 1.54) is 25.9 Å². The van der Waals surface area contributed by atoms with Crippen LogP contribution in [0.1, 0.15) is 11.1 Å². The van der Waals surface area contributed by atoms with Crippen LogP contribution in [0.25, 0.3) is 11.1 Å². The van der Waals surface area contributed by atoms with Gasteiger partial charge in [-0.2, -0.15) is 0 Å². The van der Waals surface area contributed by atoms with E-state index >= 15 is 0 Å². The standard InChI is InChI=1S/C12H7IO/c13-8-5-9-12(14-9)11-7-4-2-1-3-6(7)10(8)11/h1-5,9,12H. The molecule has 1 saturated heterocycles. The summed E-state index contributed by atoms with van der Waals surface area (Å²) in [4.78, 5) is 0. The van der Waals surface area contributed by atoms with Crippen LogP contribution in [-0.4, -0.2) is 12.2 Å². The summed E-state index contributed by atoms with van der Waals surface area (Å²) >= 11 is 2.41. The summed E-state index contributed by atoms with van der Waals surface area (Å²) in [5.74, 6) is 0. The van der Waals surface area contributed by atoms with Crippen LogP contribution >= 0.6 is 22.6 Å². The molecular weight excluding hydrogens is 287 g/mol. The van der Waals surface area contributed by atoms with Crippen molar-refractivity contribution in [3.63, 3.8) is 0 Å². The highest BCUT2D eigenvalue weighted by molar-refractivity contribution is 14.1.